The van der Waals surface area contributed by atoms with E-state index < -0.39 is 29.3 Å². The number of nitrogens with zero attached hydrogens (tertiary/aromatic N) is 8. The molecule has 0 unspecified atom stereocenters. The van der Waals surface area contributed by atoms with Crippen LogP contribution in [0.25, 0.3) is 122 Å². The van der Waals surface area contributed by atoms with Crippen molar-refractivity contribution < 1.29 is 35.1 Å². The molecule has 0 spiro atoms. The van der Waals surface area contributed by atoms with Crippen molar-refractivity contribution in [1.82, 2.24) is 60.7 Å². The highest BCUT2D eigenvalue weighted by molar-refractivity contribution is 6.33. The molecule has 0 aliphatic carbocycles. The number of hydrogen-bond acceptors (Lipinski definition) is 12. The van der Waals surface area contributed by atoms with Crippen molar-refractivity contribution in [3.05, 3.63) is 360 Å². The second-order valence-electron chi connectivity index (χ2n) is 27.2. The van der Waals surface area contributed by atoms with E-state index in [2.05, 4.69) is 77.0 Å². The standard InChI is InChI=1S/C25H16F4N4.C25H17F3N4.C24H17ClN4.C19H14ClFN4/c26-16-10-11-21-19(12-16)24(33-32-21)30-17-13-22(15-6-2-1-3-7-15)31-23(14-17)18-8-4-5-9-20(18)25(27,28)29;26-25(27,28)20-12-6-4-10-18(20)23-15-17(14-22(30-23)16-8-2-1-3-9-16)29-24-19-11-5-7-13-21(19)31-32-24;25-20-12-6-4-10-18(20)23-15-17(14-22(27-23)16-8-2-1-3-9-16)26-24-19-11-5-7-13-21(19)28-29-24;1-11-8-13(10-18(22-11)14-4-2-3-5-16(14)20)23-19-15-9-12(21)6-7-17(15)24-25-19/h1-14H,(H2,30,31,32,33);1-15H,(H2,29,30,31,32);1-15H,(H2,26,27,28,29);2-10H,1H3,(H2,22,23,24,25). The molecule has 16 nitrogen and oxygen atoms in total. The van der Waals surface area contributed by atoms with Gasteiger partial charge in [-0.2, -0.15) is 46.7 Å². The summed E-state index contributed by atoms with van der Waals surface area (Å²) in [5, 5.41) is 46.3. The van der Waals surface area contributed by atoms with Gasteiger partial charge in [-0.1, -0.05) is 211 Å². The third-order valence-electron chi connectivity index (χ3n) is 19.0. The van der Waals surface area contributed by atoms with Crippen molar-refractivity contribution in [3.8, 4) is 78.8 Å². The minimum atomic E-state index is -4.54. The normalized spacial score (nSPS) is 11.3. The molecule has 8 N–H and O–H groups in total. The first kappa shape index (κ1) is 78.0. The molecular weight excluding hydrogens is 1560 g/mol. The number of alkyl halides is 6. The third kappa shape index (κ3) is 18.1. The van der Waals surface area contributed by atoms with Crippen LogP contribution in [0.3, 0.4) is 0 Å². The molecule has 0 atom stereocenters. The second-order valence-corrected chi connectivity index (χ2v) is 28.0. The molecular formula is C93H64Cl2F8N16. The number of nitrogens with one attached hydrogen (secondary N) is 8. The van der Waals surface area contributed by atoms with Gasteiger partial charge >= 0.3 is 12.4 Å². The van der Waals surface area contributed by atoms with E-state index in [9.17, 15) is 35.1 Å². The van der Waals surface area contributed by atoms with Crippen LogP contribution >= 0.6 is 23.2 Å². The number of aromatic amines is 4. The molecule has 19 rings (SSSR count). The van der Waals surface area contributed by atoms with Crippen molar-refractivity contribution in [2.75, 3.05) is 21.3 Å². The summed E-state index contributed by atoms with van der Waals surface area (Å²) < 4.78 is 109. The van der Waals surface area contributed by atoms with Gasteiger partial charge in [0.25, 0.3) is 0 Å². The minimum Gasteiger partial charge on any atom is -0.338 e. The van der Waals surface area contributed by atoms with E-state index >= 15 is 0 Å². The van der Waals surface area contributed by atoms with Crippen LogP contribution in [0.1, 0.15) is 16.8 Å². The van der Waals surface area contributed by atoms with Crippen molar-refractivity contribution in [2.24, 2.45) is 0 Å². The monoisotopic (exact) mass is 1630 g/mol. The molecule has 0 amide bonds. The number of halogens is 10. The molecule has 0 bridgehead atoms. The highest BCUT2D eigenvalue weighted by atomic mass is 35.5. The predicted molar refractivity (Wildman–Crippen MR) is 457 cm³/mol. The number of rotatable bonds is 15. The molecule has 0 fully saturated rings. The maximum Gasteiger partial charge on any atom is 0.417 e. The Morgan fingerprint density at radius 3 is 0.908 bits per heavy atom. The smallest absolute Gasteiger partial charge is 0.338 e. The molecule has 0 aliphatic rings. The van der Waals surface area contributed by atoms with Gasteiger partial charge < -0.3 is 21.3 Å². The van der Waals surface area contributed by atoms with Crippen molar-refractivity contribution in [1.29, 1.82) is 0 Å². The van der Waals surface area contributed by atoms with E-state index in [1.165, 1.54) is 54.6 Å². The SMILES string of the molecule is Cc1cc(Nc2n[nH]c3ccc(F)cc23)cc(-c2ccccc2Cl)n1.Clc1ccccc1-c1cc(Nc2n[nH]c3ccccc23)cc(-c2ccccc2)n1.FC(F)(F)c1ccccc1-c1cc(Nc2n[nH]c3ccccc23)cc(-c2ccccc2)n1.Fc1ccc2[nH]nc(Nc3cc(-c4ccccc4)nc(-c4ccccc4C(F)(F)F)c3)c2c1. The minimum absolute atomic E-state index is 0.0210. The van der Waals surface area contributed by atoms with E-state index in [1.807, 2.05) is 219 Å². The van der Waals surface area contributed by atoms with Gasteiger partial charge in [0, 0.05) is 99.0 Å². The maximum absolute atomic E-state index is 13.8. The lowest BCUT2D eigenvalue weighted by molar-refractivity contribution is -0.137. The van der Waals surface area contributed by atoms with E-state index in [1.54, 1.807) is 42.5 Å². The number of H-pyrrole nitrogens is 4. The predicted octanol–water partition coefficient (Wildman–Crippen LogP) is 26.4. The number of aromatic nitrogens is 12. The third-order valence-corrected chi connectivity index (χ3v) is 19.7. The summed E-state index contributed by atoms with van der Waals surface area (Å²) in [4.78, 5) is 18.5. The van der Waals surface area contributed by atoms with E-state index in [-0.39, 0.29) is 28.3 Å². The fourth-order valence-corrected chi connectivity index (χ4v) is 13.9. The maximum atomic E-state index is 13.8. The van der Waals surface area contributed by atoms with Gasteiger partial charge in [-0.15, -0.1) is 0 Å². The summed E-state index contributed by atoms with van der Waals surface area (Å²) in [5.41, 5.74) is 13.5. The number of fused-ring (bicyclic) bond motifs is 4. The number of hydrogen-bond donors (Lipinski definition) is 8. The van der Waals surface area contributed by atoms with Crippen molar-refractivity contribution in [3.63, 3.8) is 0 Å². The Morgan fingerprint density at radius 1 is 0.269 bits per heavy atom. The Balaban J connectivity index is 0.000000119. The van der Waals surface area contributed by atoms with Crippen LogP contribution in [0.5, 0.6) is 0 Å². The summed E-state index contributed by atoms with van der Waals surface area (Å²) in [5.74, 6) is 1.54. The molecule has 8 aromatic heterocycles. The van der Waals surface area contributed by atoms with Crippen LogP contribution in [0.4, 0.5) is 81.1 Å². The molecule has 26 heteroatoms. The lowest BCUT2D eigenvalue weighted by atomic mass is 10.0. The molecule has 586 valence electrons. The molecule has 0 radical (unpaired) electrons. The number of para-hydroxylation sites is 2. The number of benzene rings is 11. The molecule has 8 heterocycles. The zero-order valence-electron chi connectivity index (χ0n) is 62.5. The summed E-state index contributed by atoms with van der Waals surface area (Å²) in [6.07, 6.45) is -9.03. The second kappa shape index (κ2) is 34.3. The number of aryl methyl sites for hydroxylation is 1. The average Bonchev–Trinajstić information content (AvgIpc) is 1.68. The van der Waals surface area contributed by atoms with Crippen LogP contribution in [-0.4, -0.2) is 60.7 Å². The van der Waals surface area contributed by atoms with Gasteiger partial charge in [0.05, 0.1) is 73.1 Å². The fourth-order valence-electron chi connectivity index (χ4n) is 13.4. The Hall–Kier alpha value is -14.9. The van der Waals surface area contributed by atoms with Crippen LogP contribution in [0, 0.1) is 18.6 Å². The average molecular weight is 1630 g/mol. The Bertz CT molecular complexity index is 6840. The van der Waals surface area contributed by atoms with E-state index in [0.29, 0.717) is 66.6 Å². The number of pyridine rings is 4. The topological polar surface area (TPSA) is 214 Å². The van der Waals surface area contributed by atoms with Gasteiger partial charge in [-0.3, -0.25) is 25.4 Å². The zero-order valence-corrected chi connectivity index (χ0v) is 64.0. The highest BCUT2D eigenvalue weighted by Crippen LogP contribution is 2.43. The molecule has 119 heavy (non-hydrogen) atoms. The summed E-state index contributed by atoms with van der Waals surface area (Å²) >= 11 is 12.7. The molecule has 0 aliphatic heterocycles. The number of anilines is 8. The van der Waals surface area contributed by atoms with Crippen molar-refractivity contribution >= 4 is 113 Å². The molecule has 19 aromatic rings. The first-order valence-electron chi connectivity index (χ1n) is 37.0. The van der Waals surface area contributed by atoms with Crippen molar-refractivity contribution in [2.45, 2.75) is 19.3 Å². The Kier molecular flexibility index (Phi) is 22.5. The van der Waals surface area contributed by atoms with E-state index in [4.69, 9.17) is 28.2 Å². The molecule has 0 saturated heterocycles. The lowest BCUT2D eigenvalue weighted by Gasteiger charge is -2.15. The zero-order chi connectivity index (χ0) is 82.2. The Labute approximate surface area is 684 Å². The quantitative estimate of drug-likeness (QED) is 0.0450. The van der Waals surface area contributed by atoms with Gasteiger partial charge in [-0.25, -0.2) is 23.7 Å². The summed E-state index contributed by atoms with van der Waals surface area (Å²) in [7, 11) is 0. The first-order chi connectivity index (χ1) is 57.7. The van der Waals surface area contributed by atoms with Crippen LogP contribution in [0.15, 0.2) is 322 Å². The molecule has 11 aromatic carbocycles. The van der Waals surface area contributed by atoms with Crippen LogP contribution in [-0.2, 0) is 12.4 Å². The summed E-state index contributed by atoms with van der Waals surface area (Å²) in [6, 6.07) is 93.5. The van der Waals surface area contributed by atoms with E-state index in [0.717, 1.165) is 107 Å². The largest absolute Gasteiger partial charge is 0.417 e. The van der Waals surface area contributed by atoms with Crippen LogP contribution in [0.2, 0.25) is 10.0 Å². The van der Waals surface area contributed by atoms with Gasteiger partial charge in [0.15, 0.2) is 23.3 Å². The van der Waals surface area contributed by atoms with Crippen LogP contribution < -0.4 is 21.3 Å². The van der Waals surface area contributed by atoms with Gasteiger partial charge in [0.2, 0.25) is 0 Å². The Morgan fingerprint density at radius 2 is 0.546 bits per heavy atom. The fraction of sp³-hybridized carbons (Fsp3) is 0.0323. The highest BCUT2D eigenvalue weighted by Gasteiger charge is 2.35. The molecule has 0 saturated carbocycles. The van der Waals surface area contributed by atoms with Gasteiger partial charge in [0.1, 0.15) is 11.6 Å². The van der Waals surface area contributed by atoms with Gasteiger partial charge in [-0.05, 0) is 140 Å². The lowest BCUT2D eigenvalue weighted by Crippen LogP contribution is -2.07. The first-order valence-corrected chi connectivity index (χ1v) is 37.8. The summed E-state index contributed by atoms with van der Waals surface area (Å²) in [6.45, 7) is 1.91.